The fourth-order valence-electron chi connectivity index (χ4n) is 8.25. The number of nitrogens with zero attached hydrogens (tertiary/aromatic N) is 1. The molecule has 0 radical (unpaired) electrons. The van der Waals surface area contributed by atoms with Gasteiger partial charge in [-0.05, 0) is 116 Å². The van der Waals surface area contributed by atoms with Gasteiger partial charge < -0.3 is 4.74 Å². The summed E-state index contributed by atoms with van der Waals surface area (Å²) in [4.78, 5) is 40.2. The standard InChI is InChI=1S/C35H32Cl2N2O4/c1-20-3-2-4-21(9-20)19-43-31-29(36)14-22(15-30(31)37)13-28-32(40)38-34(42)39(33(28)41)27-7-5-26(6-8-27)35-16-23-10-24(17-35)12-25(11-23)18-35/h2-9,13-15,23-25H,10-12,16-19H2,1H3,(H,38,40,42)/b28-13+. The molecule has 0 spiro atoms. The minimum absolute atomic E-state index is 0.190. The number of carbonyl (C=O) groups is 3. The van der Waals surface area contributed by atoms with Crippen LogP contribution in [0.4, 0.5) is 10.5 Å². The number of benzene rings is 3. The number of amides is 4. The summed E-state index contributed by atoms with van der Waals surface area (Å²) < 4.78 is 5.89. The number of carbonyl (C=O) groups excluding carboxylic acids is 3. The summed E-state index contributed by atoms with van der Waals surface area (Å²) in [6.45, 7) is 2.28. The van der Waals surface area contributed by atoms with Crippen molar-refractivity contribution in [1.82, 2.24) is 5.32 Å². The number of urea groups is 1. The van der Waals surface area contributed by atoms with Gasteiger partial charge in [-0.3, -0.25) is 14.9 Å². The molecule has 1 aliphatic heterocycles. The van der Waals surface area contributed by atoms with Crippen molar-refractivity contribution in [3.8, 4) is 5.75 Å². The lowest BCUT2D eigenvalue weighted by molar-refractivity contribution is -0.122. The second-order valence-corrected chi connectivity index (χ2v) is 13.6. The number of nitrogens with one attached hydrogen (secondary N) is 1. The van der Waals surface area contributed by atoms with E-state index in [1.54, 1.807) is 12.1 Å². The summed E-state index contributed by atoms with van der Waals surface area (Å²) in [5, 5.41) is 2.78. The number of barbiturate groups is 1. The predicted molar refractivity (Wildman–Crippen MR) is 167 cm³/mol. The number of halogens is 2. The Morgan fingerprint density at radius 2 is 1.53 bits per heavy atom. The summed E-state index contributed by atoms with van der Waals surface area (Å²) in [6, 6.07) is 18.1. The van der Waals surface area contributed by atoms with Crippen LogP contribution in [-0.2, 0) is 21.6 Å². The second-order valence-electron chi connectivity index (χ2n) is 12.8. The van der Waals surface area contributed by atoms with Gasteiger partial charge in [0.15, 0.2) is 5.75 Å². The SMILES string of the molecule is Cc1cccc(COc2c(Cl)cc(/C=C3\C(=O)NC(=O)N(c4ccc(C56CC7CC(CC(C7)C5)C6)cc4)C3=O)cc2Cl)c1. The van der Waals surface area contributed by atoms with Crippen molar-refractivity contribution in [2.24, 2.45) is 17.8 Å². The van der Waals surface area contributed by atoms with Gasteiger partial charge in [0.05, 0.1) is 15.7 Å². The molecule has 6 nitrogen and oxygen atoms in total. The summed E-state index contributed by atoms with van der Waals surface area (Å²) in [6.07, 6.45) is 9.16. The normalized spacial score (nSPS) is 27.1. The predicted octanol–water partition coefficient (Wildman–Crippen LogP) is 8.02. The maximum atomic E-state index is 13.6. The van der Waals surface area contributed by atoms with Gasteiger partial charge in [-0.15, -0.1) is 0 Å². The zero-order chi connectivity index (χ0) is 29.9. The van der Waals surface area contributed by atoms with Crippen molar-refractivity contribution in [2.75, 3.05) is 4.90 Å². The summed E-state index contributed by atoms with van der Waals surface area (Å²) in [7, 11) is 0. The van der Waals surface area contributed by atoms with E-state index in [2.05, 4.69) is 17.4 Å². The topological polar surface area (TPSA) is 75.7 Å². The van der Waals surface area contributed by atoms with Crippen LogP contribution < -0.4 is 15.0 Å². The third-order valence-electron chi connectivity index (χ3n) is 9.68. The van der Waals surface area contributed by atoms with E-state index in [4.69, 9.17) is 27.9 Å². The molecule has 0 unspecified atom stereocenters. The van der Waals surface area contributed by atoms with Crippen LogP contribution in [0.25, 0.3) is 6.08 Å². The van der Waals surface area contributed by atoms with Crippen LogP contribution in [0.15, 0.2) is 66.2 Å². The largest absolute Gasteiger partial charge is 0.486 e. The molecule has 8 rings (SSSR count). The van der Waals surface area contributed by atoms with Crippen molar-refractivity contribution < 1.29 is 19.1 Å². The highest BCUT2D eigenvalue weighted by atomic mass is 35.5. The third-order valence-corrected chi connectivity index (χ3v) is 10.2. The average molecular weight is 616 g/mol. The molecule has 43 heavy (non-hydrogen) atoms. The molecule has 220 valence electrons. The van der Waals surface area contributed by atoms with Crippen molar-refractivity contribution in [2.45, 2.75) is 57.5 Å². The summed E-state index contributed by atoms with van der Waals surface area (Å²) in [5.74, 6) is 1.27. The molecule has 5 aliphatic rings. The number of hydrogen-bond acceptors (Lipinski definition) is 4. The Hall–Kier alpha value is -3.61. The van der Waals surface area contributed by atoms with Crippen molar-refractivity contribution in [1.29, 1.82) is 0 Å². The fourth-order valence-corrected chi connectivity index (χ4v) is 8.86. The van der Waals surface area contributed by atoms with Crippen molar-refractivity contribution >= 4 is 52.8 Å². The van der Waals surface area contributed by atoms with Crippen LogP contribution in [0.1, 0.15) is 60.8 Å². The number of ether oxygens (including phenoxy) is 1. The Bertz CT molecular complexity index is 1620. The van der Waals surface area contributed by atoms with Gasteiger partial charge in [0.1, 0.15) is 12.2 Å². The molecule has 0 aromatic heterocycles. The molecule has 4 bridgehead atoms. The molecular formula is C35H32Cl2N2O4. The first kappa shape index (κ1) is 28.2. The van der Waals surface area contributed by atoms with E-state index in [1.807, 2.05) is 43.3 Å². The molecule has 1 saturated heterocycles. The molecule has 8 heteroatoms. The molecule has 4 aliphatic carbocycles. The Balaban J connectivity index is 1.12. The van der Waals surface area contributed by atoms with E-state index in [9.17, 15) is 14.4 Å². The number of hydrogen-bond donors (Lipinski definition) is 1. The Labute approximate surface area is 261 Å². The van der Waals surface area contributed by atoms with E-state index in [-0.39, 0.29) is 27.6 Å². The number of rotatable bonds is 6. The van der Waals surface area contributed by atoms with Gasteiger partial charge in [-0.2, -0.15) is 0 Å². The van der Waals surface area contributed by atoms with Gasteiger partial charge in [0.2, 0.25) is 0 Å². The van der Waals surface area contributed by atoms with Gasteiger partial charge in [-0.1, -0.05) is 65.2 Å². The fraction of sp³-hybridized carbons (Fsp3) is 0.343. The Morgan fingerprint density at radius 3 is 2.14 bits per heavy atom. The zero-order valence-corrected chi connectivity index (χ0v) is 25.4. The highest BCUT2D eigenvalue weighted by Crippen LogP contribution is 2.60. The minimum Gasteiger partial charge on any atom is -0.486 e. The zero-order valence-electron chi connectivity index (χ0n) is 23.9. The van der Waals surface area contributed by atoms with Crippen LogP contribution in [0.3, 0.4) is 0 Å². The number of aryl methyl sites for hydroxylation is 1. The molecule has 1 N–H and O–H groups in total. The average Bonchev–Trinajstić information content (AvgIpc) is 2.94. The van der Waals surface area contributed by atoms with Crippen LogP contribution in [0.5, 0.6) is 5.75 Å². The van der Waals surface area contributed by atoms with E-state index in [0.29, 0.717) is 17.0 Å². The second kappa shape index (κ2) is 10.8. The quantitative estimate of drug-likeness (QED) is 0.225. The van der Waals surface area contributed by atoms with E-state index in [1.165, 1.54) is 50.2 Å². The maximum absolute atomic E-state index is 13.6. The van der Waals surface area contributed by atoms with Crippen LogP contribution >= 0.6 is 23.2 Å². The van der Waals surface area contributed by atoms with Crippen molar-refractivity contribution in [3.05, 3.63) is 98.5 Å². The molecule has 0 atom stereocenters. The van der Waals surface area contributed by atoms with Crippen LogP contribution in [0, 0.1) is 24.7 Å². The maximum Gasteiger partial charge on any atom is 0.335 e. The molecule has 4 saturated carbocycles. The first-order valence-electron chi connectivity index (χ1n) is 14.9. The molecule has 5 fully saturated rings. The van der Waals surface area contributed by atoms with Crippen molar-refractivity contribution in [3.63, 3.8) is 0 Å². The summed E-state index contributed by atoms with van der Waals surface area (Å²) in [5.41, 5.74) is 4.25. The van der Waals surface area contributed by atoms with E-state index < -0.39 is 17.8 Å². The Morgan fingerprint density at radius 1 is 0.907 bits per heavy atom. The lowest BCUT2D eigenvalue weighted by Gasteiger charge is -2.57. The smallest absolute Gasteiger partial charge is 0.335 e. The van der Waals surface area contributed by atoms with Gasteiger partial charge in [0, 0.05) is 0 Å². The summed E-state index contributed by atoms with van der Waals surface area (Å²) >= 11 is 13.0. The number of imide groups is 2. The molecule has 3 aromatic rings. The molecule has 3 aromatic carbocycles. The highest BCUT2D eigenvalue weighted by molar-refractivity contribution is 6.40. The van der Waals surface area contributed by atoms with Gasteiger partial charge in [0.25, 0.3) is 11.8 Å². The first-order valence-corrected chi connectivity index (χ1v) is 15.6. The highest BCUT2D eigenvalue weighted by Gasteiger charge is 2.51. The van der Waals surface area contributed by atoms with Gasteiger partial charge in [-0.25, -0.2) is 9.69 Å². The van der Waals surface area contributed by atoms with E-state index >= 15 is 0 Å². The Kier molecular flexibility index (Phi) is 7.10. The van der Waals surface area contributed by atoms with Gasteiger partial charge >= 0.3 is 6.03 Å². The molecular weight excluding hydrogens is 583 g/mol. The lowest BCUT2D eigenvalue weighted by Crippen LogP contribution is -2.54. The molecule has 4 amide bonds. The lowest BCUT2D eigenvalue weighted by atomic mass is 9.48. The first-order chi connectivity index (χ1) is 20.7. The van der Waals surface area contributed by atoms with E-state index in [0.717, 1.165) is 33.8 Å². The third kappa shape index (κ3) is 5.25. The van der Waals surface area contributed by atoms with Crippen LogP contribution in [-0.4, -0.2) is 17.8 Å². The minimum atomic E-state index is -0.775. The molecule has 1 heterocycles. The number of anilines is 1. The van der Waals surface area contributed by atoms with Crippen LogP contribution in [0.2, 0.25) is 10.0 Å². The monoisotopic (exact) mass is 614 g/mol.